The van der Waals surface area contributed by atoms with Gasteiger partial charge in [0.15, 0.2) is 0 Å². The number of unbranched alkanes of at least 4 members (excludes halogenated alkanes) is 1. The van der Waals surface area contributed by atoms with E-state index in [0.29, 0.717) is 0 Å². The highest BCUT2D eigenvalue weighted by atomic mass is 32.2. The number of nitriles is 1. The highest BCUT2D eigenvalue weighted by Gasteiger charge is 2.04. The van der Waals surface area contributed by atoms with Crippen molar-refractivity contribution in [2.75, 3.05) is 25.2 Å². The second kappa shape index (κ2) is 5.69. The van der Waals surface area contributed by atoms with Crippen LogP contribution in [0.4, 0.5) is 0 Å². The average Bonchev–Trinajstić information content (AvgIpc) is 1.85. The molecule has 0 aliphatic rings. The summed E-state index contributed by atoms with van der Waals surface area (Å²) in [7, 11) is -1.81. The summed E-state index contributed by atoms with van der Waals surface area (Å²) in [5.74, 6) is 0.872. The van der Waals surface area contributed by atoms with Crippen molar-refractivity contribution in [2.45, 2.75) is 12.8 Å². The second-order valence-electron chi connectivity index (χ2n) is 2.94. The van der Waals surface area contributed by atoms with Crippen molar-refractivity contribution in [1.82, 2.24) is 0 Å². The van der Waals surface area contributed by atoms with Gasteiger partial charge in [-0.05, 0) is 37.9 Å². The monoisotopic (exact) mass is 191 g/mol. The molecule has 0 N–H and O–H groups in total. The van der Waals surface area contributed by atoms with Crippen LogP contribution < -0.4 is 0 Å². The van der Waals surface area contributed by atoms with E-state index in [9.17, 15) is 4.57 Å². The lowest BCUT2D eigenvalue weighted by Crippen LogP contribution is -1.87. The Morgan fingerprint density at radius 3 is 2.55 bits per heavy atom. The van der Waals surface area contributed by atoms with Gasteiger partial charge in [-0.1, -0.05) is 0 Å². The molecule has 0 amide bonds. The van der Waals surface area contributed by atoms with E-state index in [1.807, 2.05) is 18.7 Å². The van der Waals surface area contributed by atoms with Crippen LogP contribution in [0.1, 0.15) is 12.8 Å². The van der Waals surface area contributed by atoms with Gasteiger partial charge < -0.3 is 4.57 Å². The molecule has 0 aliphatic carbocycles. The fourth-order valence-corrected chi connectivity index (χ4v) is 2.14. The Kier molecular flexibility index (Phi) is 5.72. The molecule has 0 aliphatic heterocycles. The van der Waals surface area contributed by atoms with Crippen LogP contribution in [-0.2, 0) is 4.57 Å². The van der Waals surface area contributed by atoms with Crippen LogP contribution in [0, 0.1) is 10.7 Å². The molecule has 0 unspecified atom stereocenters. The molecular formula is C7H14NOPS. The maximum atomic E-state index is 11.2. The van der Waals surface area contributed by atoms with Crippen LogP contribution in [0.2, 0.25) is 0 Å². The molecule has 0 saturated heterocycles. The minimum atomic E-state index is -1.81. The molecule has 0 rings (SSSR count). The topological polar surface area (TPSA) is 40.9 Å². The standard InChI is InChI=1S/C7H14NOPS/c1-10(2,9)5-3-4-6-11-7-8/h3-6H2,1-2H3. The Morgan fingerprint density at radius 1 is 1.45 bits per heavy atom. The number of hydrogen-bond donors (Lipinski definition) is 0. The quantitative estimate of drug-likeness (QED) is 0.381. The molecule has 0 saturated carbocycles. The number of nitrogens with zero attached hydrogens (tertiary/aromatic N) is 1. The molecule has 0 spiro atoms. The molecule has 0 aromatic heterocycles. The Balaban J connectivity index is 3.17. The van der Waals surface area contributed by atoms with Crippen LogP contribution in [0.5, 0.6) is 0 Å². The van der Waals surface area contributed by atoms with Gasteiger partial charge in [0.2, 0.25) is 0 Å². The molecule has 4 heteroatoms. The van der Waals surface area contributed by atoms with E-state index in [4.69, 9.17) is 5.26 Å². The fourth-order valence-electron chi connectivity index (χ4n) is 0.712. The van der Waals surface area contributed by atoms with Crippen molar-refractivity contribution < 1.29 is 4.57 Å². The summed E-state index contributed by atoms with van der Waals surface area (Å²) in [6.45, 7) is 3.62. The number of thiocyanates is 1. The number of thioether (sulfide) groups is 1. The Labute approximate surface area is 72.7 Å². The molecule has 0 radical (unpaired) electrons. The number of rotatable bonds is 5. The van der Waals surface area contributed by atoms with E-state index in [1.54, 1.807) is 0 Å². The summed E-state index contributed by atoms with van der Waals surface area (Å²) in [6, 6.07) is 0. The van der Waals surface area contributed by atoms with Crippen LogP contribution in [-0.4, -0.2) is 25.2 Å². The average molecular weight is 191 g/mol. The minimum Gasteiger partial charge on any atom is -0.324 e. The van der Waals surface area contributed by atoms with Crippen molar-refractivity contribution in [1.29, 1.82) is 5.26 Å². The Bertz CT molecular complexity index is 181. The van der Waals surface area contributed by atoms with E-state index in [0.717, 1.165) is 24.8 Å². The van der Waals surface area contributed by atoms with E-state index in [1.165, 1.54) is 11.8 Å². The Morgan fingerprint density at radius 2 is 2.09 bits per heavy atom. The summed E-state index contributed by atoms with van der Waals surface area (Å²) in [5, 5.41) is 10.2. The molecule has 0 fully saturated rings. The van der Waals surface area contributed by atoms with Gasteiger partial charge in [0.25, 0.3) is 0 Å². The maximum absolute atomic E-state index is 11.2. The predicted molar refractivity (Wildman–Crippen MR) is 51.6 cm³/mol. The van der Waals surface area contributed by atoms with Gasteiger partial charge in [-0.25, -0.2) is 0 Å². The molecule has 64 valence electrons. The molecule has 2 nitrogen and oxygen atoms in total. The zero-order valence-electron chi connectivity index (χ0n) is 7.04. The van der Waals surface area contributed by atoms with Gasteiger partial charge in [0.1, 0.15) is 5.40 Å². The maximum Gasteiger partial charge on any atom is 0.133 e. The molecule has 0 atom stereocenters. The van der Waals surface area contributed by atoms with Gasteiger partial charge in [-0.15, -0.1) is 0 Å². The van der Waals surface area contributed by atoms with Crippen molar-refractivity contribution in [3.8, 4) is 5.40 Å². The third kappa shape index (κ3) is 10.1. The largest absolute Gasteiger partial charge is 0.324 e. The third-order valence-corrected chi connectivity index (χ3v) is 3.27. The van der Waals surface area contributed by atoms with Gasteiger partial charge in [-0.3, -0.25) is 0 Å². The van der Waals surface area contributed by atoms with Crippen molar-refractivity contribution in [3.05, 3.63) is 0 Å². The predicted octanol–water partition coefficient (Wildman–Crippen LogP) is 2.60. The fraction of sp³-hybridized carbons (Fsp3) is 0.857. The third-order valence-electron chi connectivity index (χ3n) is 1.26. The molecule has 0 aromatic carbocycles. The van der Waals surface area contributed by atoms with Crippen LogP contribution in [0.3, 0.4) is 0 Å². The van der Waals surface area contributed by atoms with Crippen LogP contribution >= 0.6 is 18.9 Å². The lowest BCUT2D eigenvalue weighted by atomic mass is 10.4. The van der Waals surface area contributed by atoms with E-state index < -0.39 is 7.14 Å². The second-order valence-corrected chi connectivity index (χ2v) is 7.42. The first-order valence-corrected chi connectivity index (χ1v) is 7.38. The molecule has 0 bridgehead atoms. The van der Waals surface area contributed by atoms with E-state index >= 15 is 0 Å². The summed E-state index contributed by atoms with van der Waals surface area (Å²) >= 11 is 1.27. The summed E-state index contributed by atoms with van der Waals surface area (Å²) < 4.78 is 11.2. The summed E-state index contributed by atoms with van der Waals surface area (Å²) in [6.07, 6.45) is 2.81. The molecule has 0 heterocycles. The minimum absolute atomic E-state index is 0.818. The first kappa shape index (κ1) is 11.1. The highest BCUT2D eigenvalue weighted by molar-refractivity contribution is 8.03. The van der Waals surface area contributed by atoms with E-state index in [-0.39, 0.29) is 0 Å². The summed E-state index contributed by atoms with van der Waals surface area (Å²) in [4.78, 5) is 0. The van der Waals surface area contributed by atoms with Gasteiger partial charge in [0.05, 0.1) is 7.14 Å². The zero-order chi connectivity index (χ0) is 8.74. The molecule has 0 aromatic rings. The zero-order valence-corrected chi connectivity index (χ0v) is 8.75. The van der Waals surface area contributed by atoms with Crippen molar-refractivity contribution >= 4 is 18.9 Å². The van der Waals surface area contributed by atoms with Crippen molar-refractivity contribution in [3.63, 3.8) is 0 Å². The van der Waals surface area contributed by atoms with Crippen molar-refractivity contribution in [2.24, 2.45) is 0 Å². The first-order valence-electron chi connectivity index (χ1n) is 3.61. The molecular weight excluding hydrogens is 177 g/mol. The molecule has 11 heavy (non-hydrogen) atoms. The lowest BCUT2D eigenvalue weighted by Gasteiger charge is -2.03. The lowest BCUT2D eigenvalue weighted by molar-refractivity contribution is 0.580. The van der Waals surface area contributed by atoms with Crippen LogP contribution in [0.15, 0.2) is 0 Å². The Hall–Kier alpha value is 0.0700. The summed E-state index contributed by atoms with van der Waals surface area (Å²) in [5.41, 5.74) is 0. The normalized spacial score (nSPS) is 11.0. The van der Waals surface area contributed by atoms with Gasteiger partial charge >= 0.3 is 0 Å². The first-order chi connectivity index (χ1) is 5.06. The smallest absolute Gasteiger partial charge is 0.133 e. The number of hydrogen-bond acceptors (Lipinski definition) is 3. The highest BCUT2D eigenvalue weighted by Crippen LogP contribution is 2.36. The van der Waals surface area contributed by atoms with E-state index in [2.05, 4.69) is 0 Å². The van der Waals surface area contributed by atoms with Gasteiger partial charge in [0, 0.05) is 11.9 Å². The van der Waals surface area contributed by atoms with Crippen LogP contribution in [0.25, 0.3) is 0 Å². The SMILES string of the molecule is CP(C)(=O)CCCCSC#N. The van der Waals surface area contributed by atoms with Gasteiger partial charge in [-0.2, -0.15) is 5.26 Å².